The number of aromatic nitrogens is 3. The number of nitrogens with one attached hydrogen (secondary N) is 2. The molecule has 0 atom stereocenters. The number of H-pyrrole nitrogens is 1. The van der Waals surface area contributed by atoms with E-state index in [1.54, 1.807) is 24.5 Å². The summed E-state index contributed by atoms with van der Waals surface area (Å²) in [5, 5.41) is 9.27. The van der Waals surface area contributed by atoms with E-state index < -0.39 is 11.5 Å². The maximum atomic E-state index is 12.6. The molecule has 9 heteroatoms. The summed E-state index contributed by atoms with van der Waals surface area (Å²) >= 11 is 4.69. The number of hydrogen-bond donors (Lipinski definition) is 2. The van der Waals surface area contributed by atoms with Crippen molar-refractivity contribution in [1.29, 1.82) is 0 Å². The average Bonchev–Trinajstić information content (AvgIpc) is 3.10. The molecule has 6 nitrogen and oxygen atoms in total. The fourth-order valence-corrected chi connectivity index (χ4v) is 2.16. The van der Waals surface area contributed by atoms with E-state index in [0.29, 0.717) is 16.8 Å². The lowest BCUT2D eigenvalue weighted by Crippen LogP contribution is -2.16. The molecule has 0 unspecified atom stereocenters. The van der Waals surface area contributed by atoms with Crippen LogP contribution in [0.4, 0.5) is 14.5 Å². The van der Waals surface area contributed by atoms with Crippen molar-refractivity contribution in [2.24, 2.45) is 0 Å². The molecule has 0 aliphatic heterocycles. The molecule has 0 fully saturated rings. The van der Waals surface area contributed by atoms with Crippen LogP contribution in [-0.4, -0.2) is 26.7 Å². The maximum Gasteiger partial charge on any atom is 0.487 e. The Labute approximate surface area is 145 Å². The number of carbonyl (C=O) groups excluding carboxylic acids is 1. The van der Waals surface area contributed by atoms with E-state index in [4.69, 9.17) is 0 Å². The third-order valence-corrected chi connectivity index (χ3v) is 3.24. The summed E-state index contributed by atoms with van der Waals surface area (Å²) in [6.07, 6.45) is 4.61. The van der Waals surface area contributed by atoms with E-state index in [0.717, 1.165) is 5.69 Å². The van der Waals surface area contributed by atoms with Crippen molar-refractivity contribution in [3.63, 3.8) is 0 Å². The van der Waals surface area contributed by atoms with E-state index in [9.17, 15) is 13.6 Å². The zero-order valence-electron chi connectivity index (χ0n) is 12.5. The van der Waals surface area contributed by atoms with Crippen LogP contribution in [-0.2, 0) is 0 Å². The van der Waals surface area contributed by atoms with Gasteiger partial charge in [0.2, 0.25) is 0 Å². The number of benzene rings is 1. The molecule has 1 amide bonds. The summed E-state index contributed by atoms with van der Waals surface area (Å²) in [6.45, 7) is 0. The van der Waals surface area contributed by atoms with Gasteiger partial charge in [0.15, 0.2) is 0 Å². The zero-order chi connectivity index (χ0) is 17.9. The van der Waals surface area contributed by atoms with Crippen molar-refractivity contribution >= 4 is 23.2 Å². The second-order valence-corrected chi connectivity index (χ2v) is 5.40. The fraction of sp³-hybridized carbons (Fsp3) is 0.0625. The molecular weight excluding hydrogens is 354 g/mol. The summed E-state index contributed by atoms with van der Waals surface area (Å²) in [6, 6.07) is 8.78. The number of alkyl halides is 3. The monoisotopic (exact) mass is 364 g/mol. The molecule has 2 heterocycles. The molecule has 0 radical (unpaired) electrons. The molecule has 0 aliphatic carbocycles. The molecule has 2 aromatic heterocycles. The number of carbonyl (C=O) groups is 1. The highest BCUT2D eigenvalue weighted by Gasteiger charge is 2.27. The molecule has 0 bridgehead atoms. The smallest absolute Gasteiger partial charge is 0.420 e. The minimum absolute atomic E-state index is 0.124. The lowest BCUT2D eigenvalue weighted by molar-refractivity contribution is -0.0964. The fourth-order valence-electron chi connectivity index (χ4n) is 2.07. The van der Waals surface area contributed by atoms with Gasteiger partial charge in [-0.15, -0.1) is 8.78 Å². The van der Waals surface area contributed by atoms with Crippen molar-refractivity contribution in [3.8, 4) is 17.0 Å². The molecule has 2 N–H and O–H groups in total. The Kier molecular flexibility index (Phi) is 4.62. The summed E-state index contributed by atoms with van der Waals surface area (Å²) in [4.78, 5) is 16.3. The van der Waals surface area contributed by atoms with Crippen LogP contribution in [0.15, 0.2) is 55.0 Å². The quantitative estimate of drug-likeness (QED) is 0.673. The Morgan fingerprint density at radius 3 is 2.60 bits per heavy atom. The van der Waals surface area contributed by atoms with Crippen LogP contribution in [0.3, 0.4) is 0 Å². The predicted octanol–water partition coefficient (Wildman–Crippen LogP) is 3.89. The van der Waals surface area contributed by atoms with Crippen LogP contribution < -0.4 is 10.1 Å². The highest BCUT2D eigenvalue weighted by Crippen LogP contribution is 2.26. The van der Waals surface area contributed by atoms with E-state index in [-0.39, 0.29) is 5.75 Å². The first-order valence-corrected chi connectivity index (χ1v) is 7.40. The molecule has 0 aliphatic rings. The SMILES string of the molecule is O=C(Nc1ccc(OC(F)(F)Cl)cc1)c1cncc(-c2ccn[nH]2)c1. The number of pyridine rings is 1. The van der Waals surface area contributed by atoms with Gasteiger partial charge in [-0.25, -0.2) is 0 Å². The molecule has 3 aromatic rings. The maximum absolute atomic E-state index is 12.6. The molecule has 0 saturated heterocycles. The summed E-state index contributed by atoms with van der Waals surface area (Å²) in [7, 11) is 0. The normalized spacial score (nSPS) is 11.2. The molecule has 3 rings (SSSR count). The van der Waals surface area contributed by atoms with Crippen molar-refractivity contribution in [2.45, 2.75) is 5.57 Å². The van der Waals surface area contributed by atoms with Crippen molar-refractivity contribution < 1.29 is 18.3 Å². The van der Waals surface area contributed by atoms with Gasteiger partial charge in [-0.2, -0.15) is 5.10 Å². The molecule has 25 heavy (non-hydrogen) atoms. The van der Waals surface area contributed by atoms with Gasteiger partial charge in [-0.05, 0) is 36.4 Å². The van der Waals surface area contributed by atoms with Crippen molar-refractivity contribution in [2.75, 3.05) is 5.32 Å². The lowest BCUT2D eigenvalue weighted by atomic mass is 10.1. The highest BCUT2D eigenvalue weighted by atomic mass is 35.5. The number of rotatable bonds is 5. The number of anilines is 1. The van der Waals surface area contributed by atoms with Gasteiger partial charge in [-0.3, -0.25) is 14.9 Å². The number of nitrogens with zero attached hydrogens (tertiary/aromatic N) is 2. The van der Waals surface area contributed by atoms with E-state index in [2.05, 4.69) is 36.8 Å². The van der Waals surface area contributed by atoms with Crippen molar-refractivity contribution in [1.82, 2.24) is 15.2 Å². The first-order valence-electron chi connectivity index (χ1n) is 7.03. The second kappa shape index (κ2) is 6.86. The number of hydrogen-bond acceptors (Lipinski definition) is 4. The summed E-state index contributed by atoms with van der Waals surface area (Å²) < 4.78 is 29.3. The number of amides is 1. The lowest BCUT2D eigenvalue weighted by Gasteiger charge is -2.11. The minimum Gasteiger partial charge on any atom is -0.420 e. The Balaban J connectivity index is 1.71. The van der Waals surface area contributed by atoms with Gasteiger partial charge < -0.3 is 10.1 Å². The van der Waals surface area contributed by atoms with E-state index in [1.807, 2.05) is 0 Å². The Bertz CT molecular complexity index is 865. The Morgan fingerprint density at radius 1 is 1.20 bits per heavy atom. The van der Waals surface area contributed by atoms with E-state index >= 15 is 0 Å². The van der Waals surface area contributed by atoms with Crippen LogP contribution in [0, 0.1) is 0 Å². The number of aromatic amines is 1. The Morgan fingerprint density at radius 2 is 1.96 bits per heavy atom. The van der Waals surface area contributed by atoms with Gasteiger partial charge in [0.1, 0.15) is 5.75 Å². The third kappa shape index (κ3) is 4.51. The van der Waals surface area contributed by atoms with Gasteiger partial charge in [0, 0.05) is 41.4 Å². The third-order valence-electron chi connectivity index (χ3n) is 3.16. The van der Waals surface area contributed by atoms with Crippen LogP contribution in [0.2, 0.25) is 0 Å². The Hall–Kier alpha value is -3.00. The number of halogens is 3. The van der Waals surface area contributed by atoms with Crippen LogP contribution in [0.1, 0.15) is 10.4 Å². The summed E-state index contributed by atoms with van der Waals surface area (Å²) in [5.41, 5.74) is -1.62. The van der Waals surface area contributed by atoms with Crippen LogP contribution in [0.5, 0.6) is 5.75 Å². The molecule has 0 saturated carbocycles. The zero-order valence-corrected chi connectivity index (χ0v) is 13.3. The van der Waals surface area contributed by atoms with Crippen LogP contribution in [0.25, 0.3) is 11.3 Å². The molecule has 0 spiro atoms. The van der Waals surface area contributed by atoms with Gasteiger partial charge in [-0.1, -0.05) is 0 Å². The van der Waals surface area contributed by atoms with Gasteiger partial charge in [0.25, 0.3) is 5.91 Å². The average molecular weight is 365 g/mol. The predicted molar refractivity (Wildman–Crippen MR) is 87.6 cm³/mol. The van der Waals surface area contributed by atoms with Crippen molar-refractivity contribution in [3.05, 3.63) is 60.6 Å². The van der Waals surface area contributed by atoms with E-state index in [1.165, 1.54) is 30.5 Å². The standard InChI is InChI=1S/C16H11ClF2N4O2/c17-16(18,19)25-13-3-1-12(2-4-13)22-15(24)11-7-10(8-20-9-11)14-5-6-21-23-14/h1-9H,(H,21,23)(H,22,24). The number of ether oxygens (including phenoxy) is 1. The van der Waals surface area contributed by atoms with Gasteiger partial charge >= 0.3 is 5.57 Å². The molecular formula is C16H11ClF2N4O2. The first kappa shape index (κ1) is 16.8. The summed E-state index contributed by atoms with van der Waals surface area (Å²) in [5.74, 6) is -0.522. The largest absolute Gasteiger partial charge is 0.487 e. The second-order valence-electron chi connectivity index (χ2n) is 4.96. The highest BCUT2D eigenvalue weighted by molar-refractivity contribution is 6.20. The molecule has 1 aromatic carbocycles. The van der Waals surface area contributed by atoms with Gasteiger partial charge in [0.05, 0.1) is 11.3 Å². The minimum atomic E-state index is -3.79. The topological polar surface area (TPSA) is 79.9 Å². The molecule has 128 valence electrons. The first-order chi connectivity index (χ1) is 11.9. The van der Waals surface area contributed by atoms with Crippen LogP contribution >= 0.6 is 11.6 Å².